The Bertz CT molecular complexity index is 373. The molecular weight excluding hydrogens is 218 g/mol. The molecule has 4 nitrogen and oxygen atoms in total. The standard InChI is InChI=1S/C13H17NO3/c1-3-8-17-12-6-4-11(5-7-12)9-14-10(2)13(15)16/h3-7,10,14H,1,8-9H2,2H3,(H,15,16). The molecule has 4 heteroatoms. The molecule has 0 heterocycles. The molecule has 0 aliphatic carbocycles. The highest BCUT2D eigenvalue weighted by Gasteiger charge is 2.08. The first-order valence-electron chi connectivity index (χ1n) is 5.42. The van der Waals surface area contributed by atoms with Gasteiger partial charge in [-0.25, -0.2) is 0 Å². The number of ether oxygens (including phenoxy) is 1. The van der Waals surface area contributed by atoms with Crippen LogP contribution in [0, 0.1) is 0 Å². The van der Waals surface area contributed by atoms with E-state index in [0.29, 0.717) is 13.2 Å². The van der Waals surface area contributed by atoms with Crippen molar-refractivity contribution in [1.82, 2.24) is 5.32 Å². The van der Waals surface area contributed by atoms with Crippen molar-refractivity contribution in [3.8, 4) is 5.75 Å². The highest BCUT2D eigenvalue weighted by Crippen LogP contribution is 2.12. The van der Waals surface area contributed by atoms with Crippen molar-refractivity contribution in [2.45, 2.75) is 19.5 Å². The van der Waals surface area contributed by atoms with E-state index in [-0.39, 0.29) is 0 Å². The van der Waals surface area contributed by atoms with Gasteiger partial charge in [-0.2, -0.15) is 0 Å². The number of carboxylic acids is 1. The Hall–Kier alpha value is -1.81. The van der Waals surface area contributed by atoms with E-state index in [1.165, 1.54) is 0 Å². The Morgan fingerprint density at radius 1 is 1.53 bits per heavy atom. The van der Waals surface area contributed by atoms with Crippen LogP contribution in [-0.4, -0.2) is 23.7 Å². The Labute approximate surface area is 101 Å². The molecule has 1 aromatic rings. The fourth-order valence-corrected chi connectivity index (χ4v) is 1.22. The molecule has 0 radical (unpaired) electrons. The molecule has 0 saturated heterocycles. The van der Waals surface area contributed by atoms with E-state index in [1.807, 2.05) is 24.3 Å². The summed E-state index contributed by atoms with van der Waals surface area (Å²) in [7, 11) is 0. The number of aliphatic carboxylic acids is 1. The number of hydrogen-bond acceptors (Lipinski definition) is 3. The average Bonchev–Trinajstić information content (AvgIpc) is 2.34. The average molecular weight is 235 g/mol. The van der Waals surface area contributed by atoms with Gasteiger partial charge < -0.3 is 15.2 Å². The second-order valence-electron chi connectivity index (χ2n) is 3.68. The van der Waals surface area contributed by atoms with Gasteiger partial charge in [-0.1, -0.05) is 24.8 Å². The Morgan fingerprint density at radius 2 is 2.18 bits per heavy atom. The first-order valence-corrected chi connectivity index (χ1v) is 5.42. The van der Waals surface area contributed by atoms with Crippen molar-refractivity contribution in [1.29, 1.82) is 0 Å². The second kappa shape index (κ2) is 6.70. The maximum Gasteiger partial charge on any atom is 0.320 e. The lowest BCUT2D eigenvalue weighted by molar-refractivity contribution is -0.139. The molecule has 1 rings (SSSR count). The second-order valence-corrected chi connectivity index (χ2v) is 3.68. The molecule has 1 atom stereocenters. The van der Waals surface area contributed by atoms with Crippen LogP contribution in [0.15, 0.2) is 36.9 Å². The molecule has 0 fully saturated rings. The summed E-state index contributed by atoms with van der Waals surface area (Å²) in [5.41, 5.74) is 1.02. The van der Waals surface area contributed by atoms with E-state index in [2.05, 4.69) is 11.9 Å². The maximum absolute atomic E-state index is 10.6. The minimum atomic E-state index is -0.851. The fraction of sp³-hybridized carbons (Fsp3) is 0.308. The summed E-state index contributed by atoms with van der Waals surface area (Å²) in [6.07, 6.45) is 1.68. The summed E-state index contributed by atoms with van der Waals surface area (Å²) in [6.45, 7) is 6.19. The van der Waals surface area contributed by atoms with Crippen LogP contribution < -0.4 is 10.1 Å². The highest BCUT2D eigenvalue weighted by atomic mass is 16.5. The van der Waals surface area contributed by atoms with Gasteiger partial charge in [0.2, 0.25) is 0 Å². The number of nitrogens with one attached hydrogen (secondary N) is 1. The Balaban J connectivity index is 2.45. The van der Waals surface area contributed by atoms with Gasteiger partial charge in [0.15, 0.2) is 0 Å². The molecule has 0 aromatic heterocycles. The smallest absolute Gasteiger partial charge is 0.320 e. The van der Waals surface area contributed by atoms with Crippen molar-refractivity contribution in [2.75, 3.05) is 6.61 Å². The van der Waals surface area contributed by atoms with Crippen molar-refractivity contribution in [3.63, 3.8) is 0 Å². The van der Waals surface area contributed by atoms with Crippen LogP contribution >= 0.6 is 0 Å². The molecular formula is C13H17NO3. The van der Waals surface area contributed by atoms with E-state index < -0.39 is 12.0 Å². The molecule has 0 aliphatic rings. The highest BCUT2D eigenvalue weighted by molar-refractivity contribution is 5.72. The predicted molar refractivity (Wildman–Crippen MR) is 66.1 cm³/mol. The minimum absolute atomic E-state index is 0.480. The third-order valence-electron chi connectivity index (χ3n) is 2.27. The Morgan fingerprint density at radius 3 is 2.71 bits per heavy atom. The van der Waals surface area contributed by atoms with Gasteiger partial charge in [0.05, 0.1) is 0 Å². The third kappa shape index (κ3) is 4.70. The number of hydrogen-bond donors (Lipinski definition) is 2. The zero-order valence-corrected chi connectivity index (χ0v) is 9.85. The summed E-state index contributed by atoms with van der Waals surface area (Å²) in [4.78, 5) is 10.6. The van der Waals surface area contributed by atoms with Crippen molar-refractivity contribution >= 4 is 5.97 Å². The van der Waals surface area contributed by atoms with Crippen LogP contribution in [0.1, 0.15) is 12.5 Å². The maximum atomic E-state index is 10.6. The summed E-state index contributed by atoms with van der Waals surface area (Å²) >= 11 is 0. The normalized spacial score (nSPS) is 11.8. The van der Waals surface area contributed by atoms with Gasteiger partial charge in [0.25, 0.3) is 0 Å². The van der Waals surface area contributed by atoms with E-state index in [1.54, 1.807) is 13.0 Å². The molecule has 17 heavy (non-hydrogen) atoms. The lowest BCUT2D eigenvalue weighted by atomic mass is 10.2. The zero-order chi connectivity index (χ0) is 12.7. The quantitative estimate of drug-likeness (QED) is 0.708. The van der Waals surface area contributed by atoms with Gasteiger partial charge in [0, 0.05) is 6.54 Å². The van der Waals surface area contributed by atoms with Gasteiger partial charge in [-0.15, -0.1) is 0 Å². The molecule has 1 aromatic carbocycles. The van der Waals surface area contributed by atoms with Crippen LogP contribution in [0.25, 0.3) is 0 Å². The van der Waals surface area contributed by atoms with E-state index >= 15 is 0 Å². The van der Waals surface area contributed by atoms with Crippen LogP contribution in [0.3, 0.4) is 0 Å². The molecule has 0 bridgehead atoms. The topological polar surface area (TPSA) is 58.6 Å². The number of rotatable bonds is 7. The van der Waals surface area contributed by atoms with Crippen molar-refractivity contribution in [3.05, 3.63) is 42.5 Å². The molecule has 2 N–H and O–H groups in total. The first kappa shape index (κ1) is 13.3. The van der Waals surface area contributed by atoms with Gasteiger partial charge in [0.1, 0.15) is 18.4 Å². The van der Waals surface area contributed by atoms with Gasteiger partial charge >= 0.3 is 5.97 Å². The summed E-state index contributed by atoms with van der Waals surface area (Å²) < 4.78 is 5.34. The molecule has 1 unspecified atom stereocenters. The lowest BCUT2D eigenvalue weighted by Crippen LogP contribution is -2.33. The minimum Gasteiger partial charge on any atom is -0.490 e. The van der Waals surface area contributed by atoms with Crippen LogP contribution in [-0.2, 0) is 11.3 Å². The van der Waals surface area contributed by atoms with Gasteiger partial charge in [-0.05, 0) is 24.6 Å². The van der Waals surface area contributed by atoms with Crippen molar-refractivity contribution in [2.24, 2.45) is 0 Å². The molecule has 92 valence electrons. The van der Waals surface area contributed by atoms with E-state index in [0.717, 1.165) is 11.3 Å². The molecule has 0 aliphatic heterocycles. The Kier molecular flexibility index (Phi) is 5.23. The van der Waals surface area contributed by atoms with Crippen LogP contribution in [0.2, 0.25) is 0 Å². The monoisotopic (exact) mass is 235 g/mol. The SMILES string of the molecule is C=CCOc1ccc(CNC(C)C(=O)O)cc1. The van der Waals surface area contributed by atoms with Crippen LogP contribution in [0.5, 0.6) is 5.75 Å². The summed E-state index contributed by atoms with van der Waals surface area (Å²) in [5, 5.41) is 11.6. The molecule has 0 saturated carbocycles. The first-order chi connectivity index (χ1) is 8.13. The molecule has 0 spiro atoms. The number of carbonyl (C=O) groups is 1. The summed E-state index contributed by atoms with van der Waals surface area (Å²) in [6, 6.07) is 6.96. The predicted octanol–water partition coefficient (Wildman–Crippen LogP) is 1.81. The fourth-order valence-electron chi connectivity index (χ4n) is 1.22. The van der Waals surface area contributed by atoms with Crippen molar-refractivity contribution < 1.29 is 14.6 Å². The van der Waals surface area contributed by atoms with E-state index in [9.17, 15) is 4.79 Å². The van der Waals surface area contributed by atoms with Crippen LogP contribution in [0.4, 0.5) is 0 Å². The number of carboxylic acid groups (broad SMARTS) is 1. The largest absolute Gasteiger partial charge is 0.490 e. The lowest BCUT2D eigenvalue weighted by Gasteiger charge is -2.09. The van der Waals surface area contributed by atoms with Gasteiger partial charge in [-0.3, -0.25) is 4.79 Å². The number of benzene rings is 1. The zero-order valence-electron chi connectivity index (χ0n) is 9.85. The summed E-state index contributed by atoms with van der Waals surface area (Å²) in [5.74, 6) is -0.0733. The molecule has 0 amide bonds. The third-order valence-corrected chi connectivity index (χ3v) is 2.27. The van der Waals surface area contributed by atoms with E-state index in [4.69, 9.17) is 9.84 Å².